The Bertz CT molecular complexity index is 1210. The summed E-state index contributed by atoms with van der Waals surface area (Å²) in [5, 5.41) is 0.959. The lowest BCUT2D eigenvalue weighted by Crippen LogP contribution is -2.48. The van der Waals surface area contributed by atoms with Gasteiger partial charge < -0.3 is 19.0 Å². The number of furan rings is 1. The fourth-order valence-electron chi connectivity index (χ4n) is 4.08. The minimum atomic E-state index is -4.38. The van der Waals surface area contributed by atoms with Gasteiger partial charge in [-0.25, -0.2) is 0 Å². The second-order valence-electron chi connectivity index (χ2n) is 8.16. The van der Waals surface area contributed by atoms with Gasteiger partial charge in [0.2, 0.25) is 5.91 Å². The van der Waals surface area contributed by atoms with Gasteiger partial charge in [-0.05, 0) is 49.2 Å². The zero-order chi connectivity index (χ0) is 23.8. The van der Waals surface area contributed by atoms with Crippen LogP contribution in [0.4, 0.5) is 18.9 Å². The largest absolute Gasteiger partial charge is 0.496 e. The Kier molecular flexibility index (Phi) is 6.10. The molecule has 2 aromatic carbocycles. The Morgan fingerprint density at radius 3 is 2.52 bits per heavy atom. The number of nitrogens with zero attached hydrogens (tertiary/aromatic N) is 2. The van der Waals surface area contributed by atoms with Gasteiger partial charge in [-0.1, -0.05) is 6.07 Å². The van der Waals surface area contributed by atoms with E-state index in [0.29, 0.717) is 37.6 Å². The summed E-state index contributed by atoms with van der Waals surface area (Å²) in [6.07, 6.45) is -1.11. The summed E-state index contributed by atoms with van der Waals surface area (Å²) in [6, 6.07) is 9.06. The molecule has 0 N–H and O–H groups in total. The van der Waals surface area contributed by atoms with Gasteiger partial charge in [-0.2, -0.15) is 13.2 Å². The van der Waals surface area contributed by atoms with Crippen LogP contribution in [0.5, 0.6) is 5.75 Å². The van der Waals surface area contributed by atoms with Crippen molar-refractivity contribution in [3.8, 4) is 5.75 Å². The van der Waals surface area contributed by atoms with Crippen LogP contribution in [0.25, 0.3) is 16.5 Å². The van der Waals surface area contributed by atoms with Crippen molar-refractivity contribution in [1.29, 1.82) is 0 Å². The molecule has 174 valence electrons. The molecule has 0 unspecified atom stereocenters. The lowest BCUT2D eigenvalue weighted by Gasteiger charge is -2.36. The lowest BCUT2D eigenvalue weighted by atomic mass is 10.0. The predicted molar refractivity (Wildman–Crippen MR) is 121 cm³/mol. The monoisotopic (exact) mass is 458 g/mol. The molecule has 2 heterocycles. The third-order valence-electron chi connectivity index (χ3n) is 5.98. The molecule has 0 aliphatic carbocycles. The van der Waals surface area contributed by atoms with E-state index in [4.69, 9.17) is 9.15 Å². The van der Waals surface area contributed by atoms with Crippen LogP contribution in [0.1, 0.15) is 23.6 Å². The summed E-state index contributed by atoms with van der Waals surface area (Å²) in [5.74, 6) is 0.482. The highest BCUT2D eigenvalue weighted by atomic mass is 19.4. The summed E-state index contributed by atoms with van der Waals surface area (Å²) >= 11 is 0. The average Bonchev–Trinajstić information content (AvgIpc) is 3.17. The van der Waals surface area contributed by atoms with Crippen molar-refractivity contribution in [2.75, 3.05) is 38.2 Å². The summed E-state index contributed by atoms with van der Waals surface area (Å²) in [7, 11) is 1.57. The summed E-state index contributed by atoms with van der Waals surface area (Å²) in [4.78, 5) is 16.5. The molecule has 0 radical (unpaired) electrons. The number of allylic oxidation sites excluding steroid dienone is 1. The number of aryl methyl sites for hydroxylation is 1. The summed E-state index contributed by atoms with van der Waals surface area (Å²) in [6.45, 7) is 5.59. The number of fused-ring (bicyclic) bond motifs is 1. The quantitative estimate of drug-likeness (QED) is 0.483. The van der Waals surface area contributed by atoms with E-state index in [-0.39, 0.29) is 5.91 Å². The van der Waals surface area contributed by atoms with E-state index in [1.165, 1.54) is 6.07 Å². The van der Waals surface area contributed by atoms with Crippen molar-refractivity contribution in [2.24, 2.45) is 0 Å². The van der Waals surface area contributed by atoms with Crippen LogP contribution in [-0.4, -0.2) is 44.1 Å². The number of anilines is 1. The van der Waals surface area contributed by atoms with Gasteiger partial charge in [0.1, 0.15) is 11.3 Å². The summed E-state index contributed by atoms with van der Waals surface area (Å²) < 4.78 is 50.1. The van der Waals surface area contributed by atoms with Gasteiger partial charge in [0.15, 0.2) is 0 Å². The normalized spacial score (nSPS) is 15.3. The molecule has 1 fully saturated rings. The third-order valence-corrected chi connectivity index (χ3v) is 5.98. The van der Waals surface area contributed by atoms with Crippen molar-refractivity contribution in [3.05, 3.63) is 65.4 Å². The van der Waals surface area contributed by atoms with Crippen LogP contribution in [0.3, 0.4) is 0 Å². The highest BCUT2D eigenvalue weighted by Crippen LogP contribution is 2.34. The standard InChI is InChI=1S/C25H25F3N2O3/c1-16(20-13-21-17(2)15-33-23(21)14-22(20)32-3)11-24(31)30-9-7-29(8-10-30)19-6-4-5-18(12-19)25(26,27)28/h4-6,11-15H,7-10H2,1-3H3/b16-11+. The number of alkyl halides is 3. The Hall–Kier alpha value is -3.42. The van der Waals surface area contributed by atoms with Crippen molar-refractivity contribution in [1.82, 2.24) is 4.90 Å². The molecular weight excluding hydrogens is 433 g/mol. The molecule has 0 spiro atoms. The lowest BCUT2D eigenvalue weighted by molar-refractivity contribution is -0.137. The molecule has 33 heavy (non-hydrogen) atoms. The number of carbonyl (C=O) groups excluding carboxylic acids is 1. The Labute approximate surface area is 190 Å². The maximum Gasteiger partial charge on any atom is 0.416 e. The second-order valence-corrected chi connectivity index (χ2v) is 8.16. The first-order valence-corrected chi connectivity index (χ1v) is 10.6. The smallest absolute Gasteiger partial charge is 0.416 e. The molecular formula is C25H25F3N2O3. The molecule has 1 amide bonds. The van der Waals surface area contributed by atoms with Gasteiger partial charge in [0, 0.05) is 55.0 Å². The number of ether oxygens (including phenoxy) is 1. The zero-order valence-electron chi connectivity index (χ0n) is 18.7. The minimum Gasteiger partial charge on any atom is -0.496 e. The number of carbonyl (C=O) groups is 1. The van der Waals surface area contributed by atoms with Crippen LogP contribution >= 0.6 is 0 Å². The number of amides is 1. The van der Waals surface area contributed by atoms with Gasteiger partial charge in [0.05, 0.1) is 18.9 Å². The Balaban J connectivity index is 1.47. The minimum absolute atomic E-state index is 0.137. The van der Waals surface area contributed by atoms with Gasteiger partial charge in [-0.15, -0.1) is 0 Å². The molecule has 3 aromatic rings. The highest BCUT2D eigenvalue weighted by molar-refractivity contribution is 5.97. The van der Waals surface area contributed by atoms with Crippen LogP contribution < -0.4 is 9.64 Å². The molecule has 1 saturated heterocycles. The van der Waals surface area contributed by atoms with Crippen molar-refractivity contribution >= 4 is 28.1 Å². The number of halogens is 3. The first-order chi connectivity index (χ1) is 15.7. The van der Waals surface area contributed by atoms with E-state index in [2.05, 4.69) is 0 Å². The van der Waals surface area contributed by atoms with Crippen molar-refractivity contribution in [2.45, 2.75) is 20.0 Å². The molecule has 0 saturated carbocycles. The van der Waals surface area contributed by atoms with E-state index in [9.17, 15) is 18.0 Å². The van der Waals surface area contributed by atoms with Crippen molar-refractivity contribution in [3.63, 3.8) is 0 Å². The Morgan fingerprint density at radius 2 is 1.85 bits per heavy atom. The predicted octanol–water partition coefficient (Wildman–Crippen LogP) is 5.52. The van der Waals surface area contributed by atoms with Crippen LogP contribution in [0.2, 0.25) is 0 Å². The van der Waals surface area contributed by atoms with E-state index in [0.717, 1.165) is 39.8 Å². The summed E-state index contributed by atoms with van der Waals surface area (Å²) in [5.41, 5.74) is 3.13. The number of rotatable bonds is 4. The molecule has 1 aromatic heterocycles. The van der Waals surface area contributed by atoms with Crippen molar-refractivity contribution < 1.29 is 27.1 Å². The van der Waals surface area contributed by atoms with Crippen LogP contribution in [0, 0.1) is 6.92 Å². The molecule has 8 heteroatoms. The molecule has 1 aliphatic heterocycles. The molecule has 1 aliphatic rings. The molecule has 4 rings (SSSR count). The average molecular weight is 458 g/mol. The maximum absolute atomic E-state index is 13.0. The van der Waals surface area contributed by atoms with Crippen LogP contribution in [-0.2, 0) is 11.0 Å². The maximum atomic E-state index is 13.0. The third kappa shape index (κ3) is 4.69. The number of hydrogen-bond donors (Lipinski definition) is 0. The number of methoxy groups -OCH3 is 1. The topological polar surface area (TPSA) is 45.9 Å². The SMILES string of the molecule is COc1cc2occ(C)c2cc1/C(C)=C/C(=O)N1CCN(c2cccc(C(F)(F)F)c2)CC1. The molecule has 5 nitrogen and oxygen atoms in total. The van der Waals surface area contributed by atoms with E-state index < -0.39 is 11.7 Å². The second kappa shape index (κ2) is 8.84. The van der Waals surface area contributed by atoms with E-state index >= 15 is 0 Å². The van der Waals surface area contributed by atoms with Gasteiger partial charge in [0.25, 0.3) is 0 Å². The highest BCUT2D eigenvalue weighted by Gasteiger charge is 2.31. The first-order valence-electron chi connectivity index (χ1n) is 10.6. The van der Waals surface area contributed by atoms with Gasteiger partial charge in [-0.3, -0.25) is 4.79 Å². The van der Waals surface area contributed by atoms with Gasteiger partial charge >= 0.3 is 6.18 Å². The Morgan fingerprint density at radius 1 is 1.12 bits per heavy atom. The molecule has 0 atom stereocenters. The zero-order valence-corrected chi connectivity index (χ0v) is 18.7. The molecule has 0 bridgehead atoms. The fourth-order valence-corrected chi connectivity index (χ4v) is 4.08. The fraction of sp³-hybridized carbons (Fsp3) is 0.320. The number of hydrogen-bond acceptors (Lipinski definition) is 4. The number of piperazine rings is 1. The number of benzene rings is 2. The first kappa shape index (κ1) is 22.8. The van der Waals surface area contributed by atoms with E-state index in [1.54, 1.807) is 30.4 Å². The van der Waals surface area contributed by atoms with Crippen LogP contribution in [0.15, 0.2) is 53.2 Å². The van der Waals surface area contributed by atoms with E-state index in [1.807, 2.05) is 30.9 Å².